The third kappa shape index (κ3) is 2.70. The second-order valence-corrected chi connectivity index (χ2v) is 5.98. The fraction of sp³-hybridized carbons (Fsp3) is 0.438. The lowest BCUT2D eigenvalue weighted by molar-refractivity contribution is 0.377. The van der Waals surface area contributed by atoms with Crippen LogP contribution in [0.3, 0.4) is 0 Å². The zero-order valence-electron chi connectivity index (χ0n) is 11.7. The molecule has 0 aliphatic carbocycles. The van der Waals surface area contributed by atoms with Gasteiger partial charge in [-0.25, -0.2) is 0 Å². The first-order valence-electron chi connectivity index (χ1n) is 6.48. The highest BCUT2D eigenvalue weighted by molar-refractivity contribution is 5.82. The van der Waals surface area contributed by atoms with Crippen LogP contribution in [0.5, 0.6) is 0 Å². The van der Waals surface area contributed by atoms with Gasteiger partial charge in [-0.1, -0.05) is 26.0 Å². The quantitative estimate of drug-likeness (QED) is 0.896. The fourth-order valence-electron chi connectivity index (χ4n) is 2.35. The first-order valence-corrected chi connectivity index (χ1v) is 6.48. The molecule has 0 fully saturated rings. The highest BCUT2D eigenvalue weighted by Gasteiger charge is 2.16. The maximum atomic E-state index is 5.80. The Balaban J connectivity index is 2.44. The Labute approximate surface area is 109 Å². The Hall–Kier alpha value is -1.41. The molecule has 0 saturated heterocycles. The van der Waals surface area contributed by atoms with E-state index >= 15 is 0 Å². The zero-order valence-corrected chi connectivity index (χ0v) is 11.7. The predicted octanol–water partition coefficient (Wildman–Crippen LogP) is 3.38. The molecule has 0 bridgehead atoms. The van der Waals surface area contributed by atoms with Crippen LogP contribution < -0.4 is 5.73 Å². The highest BCUT2D eigenvalue weighted by atomic mass is 14.7. The van der Waals surface area contributed by atoms with Gasteiger partial charge in [-0.2, -0.15) is 0 Å². The molecule has 0 atom stereocenters. The van der Waals surface area contributed by atoms with E-state index in [9.17, 15) is 0 Å². The molecule has 18 heavy (non-hydrogen) atoms. The Bertz CT molecular complexity index is 571. The van der Waals surface area contributed by atoms with Crippen LogP contribution in [0.2, 0.25) is 0 Å². The molecule has 2 N–H and O–H groups in total. The van der Waals surface area contributed by atoms with Crippen LogP contribution in [-0.4, -0.2) is 11.5 Å². The minimum Gasteiger partial charge on any atom is -0.330 e. The van der Waals surface area contributed by atoms with E-state index in [1.54, 1.807) is 0 Å². The summed E-state index contributed by atoms with van der Waals surface area (Å²) in [6.45, 7) is 9.28. The summed E-state index contributed by atoms with van der Waals surface area (Å²) in [5.74, 6) is 0. The number of nitrogens with zero attached hydrogens (tertiary/aromatic N) is 1. The number of aromatic nitrogens is 1. The molecule has 0 aliphatic heterocycles. The summed E-state index contributed by atoms with van der Waals surface area (Å²) in [5, 5.41) is 1.25. The summed E-state index contributed by atoms with van der Waals surface area (Å²) in [7, 11) is 0. The van der Waals surface area contributed by atoms with E-state index in [4.69, 9.17) is 5.73 Å². The summed E-state index contributed by atoms with van der Waals surface area (Å²) in [6, 6.07) is 8.71. The molecular formula is C16H22N2. The van der Waals surface area contributed by atoms with Gasteiger partial charge in [-0.15, -0.1) is 0 Å². The molecule has 0 amide bonds. The molecule has 2 nitrogen and oxygen atoms in total. The Kier molecular flexibility index (Phi) is 3.40. The molecule has 2 rings (SSSR count). The maximum absolute atomic E-state index is 5.80. The van der Waals surface area contributed by atoms with Gasteiger partial charge in [0, 0.05) is 11.1 Å². The lowest BCUT2D eigenvalue weighted by Crippen LogP contribution is -2.25. The van der Waals surface area contributed by atoms with Crippen molar-refractivity contribution in [3.8, 4) is 0 Å². The molecule has 1 heterocycles. The van der Waals surface area contributed by atoms with E-state index in [1.165, 1.54) is 16.5 Å². The lowest BCUT2D eigenvalue weighted by Gasteiger charge is -2.22. The van der Waals surface area contributed by atoms with Crippen molar-refractivity contribution in [1.82, 2.24) is 4.98 Å². The first-order chi connectivity index (χ1) is 8.41. The zero-order chi connectivity index (χ0) is 13.3. The van der Waals surface area contributed by atoms with Crippen molar-refractivity contribution in [2.24, 2.45) is 11.1 Å². The largest absolute Gasteiger partial charge is 0.330 e. The summed E-state index contributed by atoms with van der Waals surface area (Å²) >= 11 is 0. The smallest absolute Gasteiger partial charge is 0.0710 e. The number of fused-ring (bicyclic) bond motifs is 1. The van der Waals surface area contributed by atoms with Gasteiger partial charge in [-0.3, -0.25) is 4.98 Å². The predicted molar refractivity (Wildman–Crippen MR) is 77.8 cm³/mol. The average Bonchev–Trinajstić information content (AvgIpc) is 2.27. The molecule has 2 heteroatoms. The van der Waals surface area contributed by atoms with E-state index in [0.717, 1.165) is 17.6 Å². The number of hydrogen-bond acceptors (Lipinski definition) is 2. The van der Waals surface area contributed by atoms with Gasteiger partial charge < -0.3 is 5.73 Å². The van der Waals surface area contributed by atoms with Crippen LogP contribution in [0.25, 0.3) is 10.9 Å². The third-order valence-electron chi connectivity index (χ3n) is 3.44. The van der Waals surface area contributed by atoms with Gasteiger partial charge in [0.25, 0.3) is 0 Å². The van der Waals surface area contributed by atoms with E-state index in [0.29, 0.717) is 6.54 Å². The third-order valence-corrected chi connectivity index (χ3v) is 3.44. The van der Waals surface area contributed by atoms with Gasteiger partial charge >= 0.3 is 0 Å². The summed E-state index contributed by atoms with van der Waals surface area (Å²) < 4.78 is 0. The second kappa shape index (κ2) is 4.69. The van der Waals surface area contributed by atoms with E-state index < -0.39 is 0 Å². The monoisotopic (exact) mass is 242 g/mol. The summed E-state index contributed by atoms with van der Waals surface area (Å²) in [4.78, 5) is 4.62. The van der Waals surface area contributed by atoms with Gasteiger partial charge in [0.05, 0.1) is 5.52 Å². The minimum absolute atomic E-state index is 0.145. The number of aryl methyl sites for hydroxylation is 2. The number of nitrogens with two attached hydrogens (primary N) is 1. The van der Waals surface area contributed by atoms with Crippen molar-refractivity contribution < 1.29 is 0 Å². The average molecular weight is 242 g/mol. The second-order valence-electron chi connectivity index (χ2n) is 5.98. The van der Waals surface area contributed by atoms with Crippen molar-refractivity contribution in [3.05, 3.63) is 41.1 Å². The molecule has 0 spiro atoms. The molecule has 0 unspecified atom stereocenters. The maximum Gasteiger partial charge on any atom is 0.0710 e. The SMILES string of the molecule is Cc1cc(C)c2ccc(CC(C)(C)CN)cc2n1. The molecule has 0 radical (unpaired) electrons. The first kappa shape index (κ1) is 13.0. The van der Waals surface area contributed by atoms with Crippen LogP contribution in [0, 0.1) is 19.3 Å². The molecule has 2 aromatic rings. The Morgan fingerprint density at radius 3 is 2.56 bits per heavy atom. The van der Waals surface area contributed by atoms with Crippen molar-refractivity contribution in [1.29, 1.82) is 0 Å². The van der Waals surface area contributed by atoms with Crippen LogP contribution in [0.1, 0.15) is 30.7 Å². The topological polar surface area (TPSA) is 38.9 Å². The standard InChI is InChI=1S/C16H22N2/c1-11-7-12(2)18-15-8-13(5-6-14(11)15)9-16(3,4)10-17/h5-8H,9-10,17H2,1-4H3. The van der Waals surface area contributed by atoms with Crippen molar-refractivity contribution >= 4 is 10.9 Å². The van der Waals surface area contributed by atoms with Crippen LogP contribution in [0.15, 0.2) is 24.3 Å². The molecule has 96 valence electrons. The summed E-state index contributed by atoms with van der Waals surface area (Å²) in [6.07, 6.45) is 0.994. The van der Waals surface area contributed by atoms with Gasteiger partial charge in [0.15, 0.2) is 0 Å². The van der Waals surface area contributed by atoms with E-state index in [-0.39, 0.29) is 5.41 Å². The van der Waals surface area contributed by atoms with Crippen LogP contribution in [0.4, 0.5) is 0 Å². The van der Waals surface area contributed by atoms with Crippen LogP contribution in [-0.2, 0) is 6.42 Å². The van der Waals surface area contributed by atoms with E-state index in [1.807, 2.05) is 6.92 Å². The molecule has 0 aliphatic rings. The lowest BCUT2D eigenvalue weighted by atomic mass is 9.85. The highest BCUT2D eigenvalue weighted by Crippen LogP contribution is 2.24. The van der Waals surface area contributed by atoms with Crippen molar-refractivity contribution in [2.45, 2.75) is 34.1 Å². The molecule has 1 aromatic heterocycles. The van der Waals surface area contributed by atoms with Crippen molar-refractivity contribution in [3.63, 3.8) is 0 Å². The molecular weight excluding hydrogens is 220 g/mol. The van der Waals surface area contributed by atoms with Gasteiger partial charge in [0.1, 0.15) is 0 Å². The molecule has 0 saturated carbocycles. The number of rotatable bonds is 3. The Morgan fingerprint density at radius 2 is 1.89 bits per heavy atom. The van der Waals surface area contributed by atoms with Crippen molar-refractivity contribution in [2.75, 3.05) is 6.54 Å². The molecule has 1 aromatic carbocycles. The Morgan fingerprint density at radius 1 is 1.17 bits per heavy atom. The number of benzene rings is 1. The van der Waals surface area contributed by atoms with Gasteiger partial charge in [-0.05, 0) is 55.5 Å². The van der Waals surface area contributed by atoms with E-state index in [2.05, 4.69) is 50.0 Å². The van der Waals surface area contributed by atoms with Crippen LogP contribution >= 0.6 is 0 Å². The summed E-state index contributed by atoms with van der Waals surface area (Å²) in [5.41, 5.74) is 10.7. The minimum atomic E-state index is 0.145. The normalized spacial score (nSPS) is 12.1. The van der Waals surface area contributed by atoms with Gasteiger partial charge in [0.2, 0.25) is 0 Å². The number of hydrogen-bond donors (Lipinski definition) is 1. The number of pyridine rings is 1. The fourth-order valence-corrected chi connectivity index (χ4v) is 2.35.